The molecule has 0 aliphatic carbocycles. The molecular weight excluding hydrogens is 176 g/mol. The van der Waals surface area contributed by atoms with E-state index in [4.69, 9.17) is 0 Å². The molecule has 0 amide bonds. The number of aliphatic hydroxyl groups is 1. The maximum absolute atomic E-state index is 9.79. The standard InChI is InChI=1S/C11H22N2O/c1-8-3-4-13(7-9(8)2)10-5-12-6-11(10)14/h8-12,14H,3-7H2,1-2H3. The van der Waals surface area contributed by atoms with Crippen LogP contribution in [-0.2, 0) is 0 Å². The summed E-state index contributed by atoms with van der Waals surface area (Å²) in [5.41, 5.74) is 0. The van der Waals surface area contributed by atoms with E-state index in [1.165, 1.54) is 6.42 Å². The molecule has 14 heavy (non-hydrogen) atoms. The van der Waals surface area contributed by atoms with Gasteiger partial charge in [0, 0.05) is 25.7 Å². The van der Waals surface area contributed by atoms with Gasteiger partial charge in [-0.1, -0.05) is 13.8 Å². The summed E-state index contributed by atoms with van der Waals surface area (Å²) in [5.74, 6) is 1.62. The number of likely N-dealkylation sites (tertiary alicyclic amines) is 1. The van der Waals surface area contributed by atoms with Crippen molar-refractivity contribution in [3.8, 4) is 0 Å². The van der Waals surface area contributed by atoms with Crippen LogP contribution in [-0.4, -0.2) is 48.3 Å². The highest BCUT2D eigenvalue weighted by atomic mass is 16.3. The van der Waals surface area contributed by atoms with Gasteiger partial charge in [0.1, 0.15) is 0 Å². The summed E-state index contributed by atoms with van der Waals surface area (Å²) in [5, 5.41) is 13.0. The van der Waals surface area contributed by atoms with Crippen molar-refractivity contribution in [3.63, 3.8) is 0 Å². The smallest absolute Gasteiger partial charge is 0.0831 e. The second-order valence-electron chi connectivity index (χ2n) is 5.03. The topological polar surface area (TPSA) is 35.5 Å². The van der Waals surface area contributed by atoms with Gasteiger partial charge in [0.05, 0.1) is 6.10 Å². The molecule has 0 aromatic rings. The third kappa shape index (κ3) is 1.95. The molecule has 0 radical (unpaired) electrons. The van der Waals surface area contributed by atoms with E-state index < -0.39 is 0 Å². The van der Waals surface area contributed by atoms with Gasteiger partial charge in [0.15, 0.2) is 0 Å². The van der Waals surface area contributed by atoms with E-state index in [1.54, 1.807) is 0 Å². The summed E-state index contributed by atoms with van der Waals surface area (Å²) >= 11 is 0. The Bertz CT molecular complexity index is 198. The van der Waals surface area contributed by atoms with Crippen molar-refractivity contribution in [2.45, 2.75) is 32.4 Å². The lowest BCUT2D eigenvalue weighted by molar-refractivity contribution is 0.0408. The van der Waals surface area contributed by atoms with Gasteiger partial charge in [0.25, 0.3) is 0 Å². The van der Waals surface area contributed by atoms with Crippen LogP contribution < -0.4 is 5.32 Å². The predicted octanol–water partition coefficient (Wildman–Crippen LogP) is 0.297. The summed E-state index contributed by atoms with van der Waals surface area (Å²) in [7, 11) is 0. The molecule has 2 fully saturated rings. The van der Waals surface area contributed by atoms with Gasteiger partial charge in [0.2, 0.25) is 0 Å². The highest BCUT2D eigenvalue weighted by Crippen LogP contribution is 2.25. The first kappa shape index (κ1) is 10.4. The summed E-state index contributed by atoms with van der Waals surface area (Å²) < 4.78 is 0. The van der Waals surface area contributed by atoms with E-state index in [9.17, 15) is 5.11 Å². The fourth-order valence-electron chi connectivity index (χ4n) is 2.62. The predicted molar refractivity (Wildman–Crippen MR) is 57.2 cm³/mol. The molecule has 3 nitrogen and oxygen atoms in total. The zero-order valence-corrected chi connectivity index (χ0v) is 9.24. The molecule has 0 aromatic carbocycles. The second-order valence-corrected chi connectivity index (χ2v) is 5.03. The molecule has 0 bridgehead atoms. The Morgan fingerprint density at radius 1 is 1.21 bits per heavy atom. The van der Waals surface area contributed by atoms with Crippen molar-refractivity contribution in [1.82, 2.24) is 10.2 Å². The number of nitrogens with one attached hydrogen (secondary N) is 1. The Morgan fingerprint density at radius 3 is 2.57 bits per heavy atom. The minimum Gasteiger partial charge on any atom is -0.390 e. The number of β-amino-alcohol motifs (C(OH)–C–C–N with tert-alkyl or cyclic N) is 1. The Morgan fingerprint density at radius 2 is 2.00 bits per heavy atom. The zero-order valence-electron chi connectivity index (χ0n) is 9.24. The van der Waals surface area contributed by atoms with E-state index >= 15 is 0 Å². The number of hydrogen-bond donors (Lipinski definition) is 2. The van der Waals surface area contributed by atoms with E-state index in [1.807, 2.05) is 0 Å². The van der Waals surface area contributed by atoms with Gasteiger partial charge in [-0.15, -0.1) is 0 Å². The van der Waals surface area contributed by atoms with E-state index in [2.05, 4.69) is 24.1 Å². The summed E-state index contributed by atoms with van der Waals surface area (Å²) in [6.07, 6.45) is 1.13. The Balaban J connectivity index is 1.92. The lowest BCUT2D eigenvalue weighted by atomic mass is 9.87. The van der Waals surface area contributed by atoms with Crippen LogP contribution >= 0.6 is 0 Å². The maximum Gasteiger partial charge on any atom is 0.0831 e. The number of rotatable bonds is 1. The minimum absolute atomic E-state index is 0.157. The Kier molecular flexibility index (Phi) is 3.10. The first-order valence-corrected chi connectivity index (χ1v) is 5.81. The fraction of sp³-hybridized carbons (Fsp3) is 1.00. The second kappa shape index (κ2) is 4.17. The van der Waals surface area contributed by atoms with Gasteiger partial charge < -0.3 is 10.4 Å². The third-order valence-electron chi connectivity index (χ3n) is 3.99. The Hall–Kier alpha value is -0.120. The fourth-order valence-corrected chi connectivity index (χ4v) is 2.62. The van der Waals surface area contributed by atoms with Crippen LogP contribution in [0, 0.1) is 11.8 Å². The Labute approximate surface area is 86.5 Å². The minimum atomic E-state index is -0.157. The van der Waals surface area contributed by atoms with Gasteiger partial charge >= 0.3 is 0 Å². The van der Waals surface area contributed by atoms with Gasteiger partial charge in [-0.05, 0) is 24.8 Å². The highest BCUT2D eigenvalue weighted by Gasteiger charge is 2.34. The normalized spacial score (nSPS) is 45.6. The molecule has 4 unspecified atom stereocenters. The summed E-state index contributed by atoms with van der Waals surface area (Å²) in [6, 6.07) is 0.366. The lowest BCUT2D eigenvalue weighted by Gasteiger charge is -2.39. The zero-order chi connectivity index (χ0) is 10.1. The molecule has 4 atom stereocenters. The van der Waals surface area contributed by atoms with Gasteiger partial charge in [-0.25, -0.2) is 0 Å². The molecule has 2 aliphatic rings. The van der Waals surface area contributed by atoms with Crippen LogP contribution in [0.15, 0.2) is 0 Å². The van der Waals surface area contributed by atoms with Crippen molar-refractivity contribution in [3.05, 3.63) is 0 Å². The monoisotopic (exact) mass is 198 g/mol. The highest BCUT2D eigenvalue weighted by molar-refractivity contribution is 4.91. The van der Waals surface area contributed by atoms with Gasteiger partial charge in [-0.2, -0.15) is 0 Å². The van der Waals surface area contributed by atoms with E-state index in [0.29, 0.717) is 6.04 Å². The van der Waals surface area contributed by atoms with Crippen LogP contribution in [0.5, 0.6) is 0 Å². The molecule has 2 rings (SSSR count). The molecule has 0 spiro atoms. The summed E-state index contributed by atoms with van der Waals surface area (Å²) in [4.78, 5) is 2.47. The quantitative estimate of drug-likeness (QED) is 0.636. The SMILES string of the molecule is CC1CCN(C2CNCC2O)CC1C. The number of nitrogens with zero attached hydrogens (tertiary/aromatic N) is 1. The van der Waals surface area contributed by atoms with Crippen LogP contribution in [0.3, 0.4) is 0 Å². The van der Waals surface area contributed by atoms with Crippen LogP contribution in [0.25, 0.3) is 0 Å². The molecule has 2 N–H and O–H groups in total. The van der Waals surface area contributed by atoms with Crippen molar-refractivity contribution in [2.75, 3.05) is 26.2 Å². The average Bonchev–Trinajstić information content (AvgIpc) is 2.57. The third-order valence-corrected chi connectivity index (χ3v) is 3.99. The number of hydrogen-bond acceptors (Lipinski definition) is 3. The van der Waals surface area contributed by atoms with Crippen LogP contribution in [0.1, 0.15) is 20.3 Å². The van der Waals surface area contributed by atoms with E-state index in [-0.39, 0.29) is 6.10 Å². The molecule has 3 heteroatoms. The van der Waals surface area contributed by atoms with Crippen LogP contribution in [0.4, 0.5) is 0 Å². The van der Waals surface area contributed by atoms with Crippen molar-refractivity contribution in [1.29, 1.82) is 0 Å². The molecule has 2 aliphatic heterocycles. The number of aliphatic hydroxyl groups excluding tert-OH is 1. The first-order valence-electron chi connectivity index (χ1n) is 5.81. The van der Waals surface area contributed by atoms with Crippen molar-refractivity contribution in [2.24, 2.45) is 11.8 Å². The largest absolute Gasteiger partial charge is 0.390 e. The van der Waals surface area contributed by atoms with Crippen molar-refractivity contribution < 1.29 is 5.11 Å². The van der Waals surface area contributed by atoms with E-state index in [0.717, 1.165) is 38.0 Å². The maximum atomic E-state index is 9.79. The molecule has 0 aromatic heterocycles. The van der Waals surface area contributed by atoms with Gasteiger partial charge in [-0.3, -0.25) is 4.90 Å². The molecular formula is C11H22N2O. The summed E-state index contributed by atoms with van der Waals surface area (Å²) in [6.45, 7) is 8.71. The van der Waals surface area contributed by atoms with Crippen LogP contribution in [0.2, 0.25) is 0 Å². The first-order chi connectivity index (χ1) is 6.68. The lowest BCUT2D eigenvalue weighted by Crippen LogP contribution is -2.49. The van der Waals surface area contributed by atoms with Crippen molar-refractivity contribution >= 4 is 0 Å². The molecule has 0 saturated carbocycles. The average molecular weight is 198 g/mol. The molecule has 2 saturated heterocycles. The molecule has 82 valence electrons. The number of piperidine rings is 1. The molecule has 2 heterocycles.